The number of aromatic nitrogens is 3. The van der Waals surface area contributed by atoms with Crippen LogP contribution in [0.25, 0.3) is 0 Å². The molecule has 140 valence electrons. The third-order valence-corrected chi connectivity index (χ3v) is 5.12. The largest absolute Gasteiger partial charge is 0.391 e. The topological polar surface area (TPSA) is 92.4 Å². The van der Waals surface area contributed by atoms with Crippen molar-refractivity contribution in [3.63, 3.8) is 0 Å². The number of β-amino-alcohol motifs (C(OH)–C–C–N with tert-alkyl or cyclic N) is 1. The van der Waals surface area contributed by atoms with Gasteiger partial charge in [-0.25, -0.2) is 9.97 Å². The van der Waals surface area contributed by atoms with Gasteiger partial charge in [0.05, 0.1) is 11.7 Å². The van der Waals surface area contributed by atoms with Gasteiger partial charge in [-0.1, -0.05) is 0 Å². The van der Waals surface area contributed by atoms with E-state index in [4.69, 9.17) is 4.98 Å². The van der Waals surface area contributed by atoms with Gasteiger partial charge in [0.25, 0.3) is 0 Å². The zero-order valence-electron chi connectivity index (χ0n) is 15.2. The van der Waals surface area contributed by atoms with E-state index < -0.39 is 0 Å². The SMILES string of the molecule is N#Cc1cccnc1N1CCN(c2nccc(N3CCCC(O)C3)n2)CC1. The number of rotatable bonds is 3. The number of nitriles is 1. The summed E-state index contributed by atoms with van der Waals surface area (Å²) in [5, 5.41) is 19.2. The first-order valence-electron chi connectivity index (χ1n) is 9.35. The Hall–Kier alpha value is -2.92. The maximum Gasteiger partial charge on any atom is 0.227 e. The molecule has 1 atom stereocenters. The Bertz CT molecular complexity index is 829. The van der Waals surface area contributed by atoms with Crippen LogP contribution in [-0.2, 0) is 0 Å². The summed E-state index contributed by atoms with van der Waals surface area (Å²) in [4.78, 5) is 20.0. The van der Waals surface area contributed by atoms with E-state index >= 15 is 0 Å². The highest BCUT2D eigenvalue weighted by molar-refractivity contribution is 5.55. The number of aliphatic hydroxyl groups is 1. The van der Waals surface area contributed by atoms with Gasteiger partial charge in [-0.2, -0.15) is 10.2 Å². The van der Waals surface area contributed by atoms with E-state index in [1.165, 1.54) is 0 Å². The smallest absolute Gasteiger partial charge is 0.227 e. The summed E-state index contributed by atoms with van der Waals surface area (Å²) >= 11 is 0. The summed E-state index contributed by atoms with van der Waals surface area (Å²) in [6.07, 6.45) is 5.06. The molecule has 4 rings (SSSR count). The quantitative estimate of drug-likeness (QED) is 0.862. The molecule has 2 aliphatic rings. The van der Waals surface area contributed by atoms with Crippen LogP contribution in [-0.4, -0.2) is 65.4 Å². The van der Waals surface area contributed by atoms with Crippen LogP contribution in [0.1, 0.15) is 18.4 Å². The number of piperazine rings is 1. The number of nitrogens with zero attached hydrogens (tertiary/aromatic N) is 7. The lowest BCUT2D eigenvalue weighted by atomic mass is 10.1. The fraction of sp³-hybridized carbons (Fsp3) is 0.474. The number of hydrogen-bond acceptors (Lipinski definition) is 8. The Labute approximate surface area is 158 Å². The number of hydrogen-bond donors (Lipinski definition) is 1. The minimum absolute atomic E-state index is 0.284. The zero-order chi connectivity index (χ0) is 18.6. The molecule has 2 saturated heterocycles. The standard InChI is InChI=1S/C19H23N7O/c20-13-15-3-1-6-21-18(15)24-9-11-25(12-10-24)19-22-7-5-17(23-19)26-8-2-4-16(27)14-26/h1,3,5-7,16,27H,2,4,8-12,14H2. The molecule has 0 aromatic carbocycles. The maximum absolute atomic E-state index is 9.91. The number of anilines is 3. The molecule has 1 unspecified atom stereocenters. The van der Waals surface area contributed by atoms with E-state index in [0.717, 1.165) is 57.2 Å². The van der Waals surface area contributed by atoms with Gasteiger partial charge in [0.1, 0.15) is 17.7 Å². The van der Waals surface area contributed by atoms with E-state index in [9.17, 15) is 10.4 Å². The van der Waals surface area contributed by atoms with Crippen molar-refractivity contribution in [2.75, 3.05) is 54.0 Å². The Morgan fingerprint density at radius 2 is 1.81 bits per heavy atom. The molecule has 0 saturated carbocycles. The average Bonchev–Trinajstić information content (AvgIpc) is 2.74. The van der Waals surface area contributed by atoms with Gasteiger partial charge in [-0.05, 0) is 31.0 Å². The van der Waals surface area contributed by atoms with Crippen molar-refractivity contribution in [2.45, 2.75) is 18.9 Å². The van der Waals surface area contributed by atoms with Crippen molar-refractivity contribution in [1.29, 1.82) is 5.26 Å². The van der Waals surface area contributed by atoms with E-state index in [-0.39, 0.29) is 6.10 Å². The molecule has 27 heavy (non-hydrogen) atoms. The van der Waals surface area contributed by atoms with E-state index in [1.807, 2.05) is 6.07 Å². The second-order valence-electron chi connectivity index (χ2n) is 6.92. The first-order valence-corrected chi connectivity index (χ1v) is 9.35. The van der Waals surface area contributed by atoms with Crippen LogP contribution < -0.4 is 14.7 Å². The molecular formula is C19H23N7O. The van der Waals surface area contributed by atoms with Gasteiger partial charge in [0, 0.05) is 51.7 Å². The summed E-state index contributed by atoms with van der Waals surface area (Å²) in [7, 11) is 0. The summed E-state index contributed by atoms with van der Waals surface area (Å²) < 4.78 is 0. The van der Waals surface area contributed by atoms with Crippen molar-refractivity contribution in [3.05, 3.63) is 36.2 Å². The number of aliphatic hydroxyl groups excluding tert-OH is 1. The minimum atomic E-state index is -0.284. The molecule has 2 aliphatic heterocycles. The molecule has 0 bridgehead atoms. The van der Waals surface area contributed by atoms with Crippen LogP contribution in [0.2, 0.25) is 0 Å². The molecule has 8 nitrogen and oxygen atoms in total. The second-order valence-corrected chi connectivity index (χ2v) is 6.92. The van der Waals surface area contributed by atoms with Crippen LogP contribution in [0.3, 0.4) is 0 Å². The van der Waals surface area contributed by atoms with E-state index in [1.54, 1.807) is 24.5 Å². The van der Waals surface area contributed by atoms with Gasteiger partial charge < -0.3 is 19.8 Å². The van der Waals surface area contributed by atoms with Gasteiger partial charge in [0.15, 0.2) is 0 Å². The molecule has 8 heteroatoms. The molecule has 2 aromatic rings. The van der Waals surface area contributed by atoms with Crippen LogP contribution in [0.4, 0.5) is 17.6 Å². The Morgan fingerprint density at radius 1 is 1.00 bits per heavy atom. The van der Waals surface area contributed by atoms with Crippen molar-refractivity contribution >= 4 is 17.6 Å². The fourth-order valence-electron chi connectivity index (χ4n) is 3.68. The highest BCUT2D eigenvalue weighted by Gasteiger charge is 2.23. The summed E-state index contributed by atoms with van der Waals surface area (Å²) in [6.45, 7) is 4.61. The highest BCUT2D eigenvalue weighted by atomic mass is 16.3. The number of piperidine rings is 1. The summed E-state index contributed by atoms with van der Waals surface area (Å²) in [6, 6.07) is 7.71. The zero-order valence-corrected chi connectivity index (χ0v) is 15.2. The Kier molecular flexibility index (Phi) is 5.03. The molecular weight excluding hydrogens is 342 g/mol. The fourth-order valence-corrected chi connectivity index (χ4v) is 3.68. The molecule has 0 amide bonds. The van der Waals surface area contributed by atoms with Crippen LogP contribution in [0.5, 0.6) is 0 Å². The Morgan fingerprint density at radius 3 is 2.59 bits per heavy atom. The predicted octanol–water partition coefficient (Wildman–Crippen LogP) is 1.03. The minimum Gasteiger partial charge on any atom is -0.391 e. The predicted molar refractivity (Wildman–Crippen MR) is 103 cm³/mol. The third-order valence-electron chi connectivity index (χ3n) is 5.12. The highest BCUT2D eigenvalue weighted by Crippen LogP contribution is 2.22. The van der Waals surface area contributed by atoms with Crippen LogP contribution in [0.15, 0.2) is 30.6 Å². The Balaban J connectivity index is 1.44. The van der Waals surface area contributed by atoms with Gasteiger partial charge in [-0.15, -0.1) is 0 Å². The molecule has 2 fully saturated rings. The maximum atomic E-state index is 9.91. The monoisotopic (exact) mass is 365 g/mol. The molecule has 0 aliphatic carbocycles. The lowest BCUT2D eigenvalue weighted by molar-refractivity contribution is 0.154. The molecule has 0 radical (unpaired) electrons. The van der Waals surface area contributed by atoms with Crippen LogP contribution in [0, 0.1) is 11.3 Å². The van der Waals surface area contributed by atoms with Crippen molar-refractivity contribution in [3.8, 4) is 6.07 Å². The third kappa shape index (κ3) is 3.78. The summed E-state index contributed by atoms with van der Waals surface area (Å²) in [5.74, 6) is 2.34. The van der Waals surface area contributed by atoms with Crippen molar-refractivity contribution < 1.29 is 5.11 Å². The van der Waals surface area contributed by atoms with Crippen molar-refractivity contribution in [2.24, 2.45) is 0 Å². The summed E-state index contributed by atoms with van der Waals surface area (Å²) in [5.41, 5.74) is 0.604. The second kappa shape index (κ2) is 7.76. The van der Waals surface area contributed by atoms with Gasteiger partial charge in [-0.3, -0.25) is 0 Å². The molecule has 2 aromatic heterocycles. The number of pyridine rings is 1. The van der Waals surface area contributed by atoms with Gasteiger partial charge >= 0.3 is 0 Å². The van der Waals surface area contributed by atoms with Gasteiger partial charge in [0.2, 0.25) is 5.95 Å². The molecule has 4 heterocycles. The normalized spacial score (nSPS) is 20.4. The van der Waals surface area contributed by atoms with E-state index in [0.29, 0.717) is 18.1 Å². The van der Waals surface area contributed by atoms with E-state index in [2.05, 4.69) is 30.7 Å². The lowest BCUT2D eigenvalue weighted by Crippen LogP contribution is -2.47. The molecule has 1 N–H and O–H groups in total. The molecule has 0 spiro atoms. The average molecular weight is 365 g/mol. The van der Waals surface area contributed by atoms with Crippen LogP contribution >= 0.6 is 0 Å². The first-order chi connectivity index (χ1) is 13.2. The van der Waals surface area contributed by atoms with Crippen molar-refractivity contribution in [1.82, 2.24) is 15.0 Å². The lowest BCUT2D eigenvalue weighted by Gasteiger charge is -2.36. The first kappa shape index (κ1) is 17.5.